The summed E-state index contributed by atoms with van der Waals surface area (Å²) in [5.41, 5.74) is -0.225. The monoisotopic (exact) mass is 491 g/mol. The van der Waals surface area contributed by atoms with E-state index < -0.39 is 35.0 Å². The van der Waals surface area contributed by atoms with Gasteiger partial charge in [0.05, 0.1) is 19.9 Å². The number of esters is 2. The Kier molecular flexibility index (Phi) is 6.12. The minimum absolute atomic E-state index is 0.0755. The molecule has 4 rings (SSSR count). The molecule has 0 bridgehead atoms. The van der Waals surface area contributed by atoms with E-state index in [0.29, 0.717) is 11.3 Å². The Balaban J connectivity index is 2.14. The van der Waals surface area contributed by atoms with Crippen LogP contribution in [0.15, 0.2) is 64.9 Å². The van der Waals surface area contributed by atoms with Crippen LogP contribution in [0.4, 0.5) is 5.69 Å². The van der Waals surface area contributed by atoms with Crippen molar-refractivity contribution in [3.05, 3.63) is 70.5 Å². The standard InChI is InChI=1S/C29H33NO6/c1-27(2,3)18-15-20(28(4,5)6)29(21(31)16-18)23(25(32)34-7)24(26(33)35-8)30-19-12-10-9-11-17(19)13-14-22(30)36-29/h9-16,22H,1-8H3. The second-order valence-electron chi connectivity index (χ2n) is 11.2. The highest BCUT2D eigenvalue weighted by Gasteiger charge is 2.61. The number of hydrogen-bond donors (Lipinski definition) is 0. The highest BCUT2D eigenvalue weighted by Crippen LogP contribution is 2.52. The molecular formula is C29H33NO6. The summed E-state index contributed by atoms with van der Waals surface area (Å²) in [6, 6.07) is 7.43. The fraction of sp³-hybridized carbons (Fsp3) is 0.414. The molecule has 1 aromatic carbocycles. The van der Waals surface area contributed by atoms with Gasteiger partial charge in [-0.15, -0.1) is 0 Å². The number of methoxy groups -OCH3 is 2. The maximum absolute atomic E-state index is 14.2. The molecule has 0 N–H and O–H groups in total. The Morgan fingerprint density at radius 1 is 0.944 bits per heavy atom. The van der Waals surface area contributed by atoms with E-state index in [0.717, 1.165) is 11.1 Å². The lowest BCUT2D eigenvalue weighted by Gasteiger charge is -2.51. The first kappa shape index (κ1) is 25.6. The lowest BCUT2D eigenvalue weighted by atomic mass is 9.64. The van der Waals surface area contributed by atoms with Crippen molar-refractivity contribution in [3.63, 3.8) is 0 Å². The van der Waals surface area contributed by atoms with Crippen LogP contribution in [0.3, 0.4) is 0 Å². The molecule has 2 aliphatic heterocycles. The van der Waals surface area contributed by atoms with Gasteiger partial charge in [-0.1, -0.05) is 71.9 Å². The summed E-state index contributed by atoms with van der Waals surface area (Å²) in [7, 11) is 2.46. The lowest BCUT2D eigenvalue weighted by Crippen LogP contribution is -2.61. The zero-order chi connectivity index (χ0) is 26.6. The van der Waals surface area contributed by atoms with Gasteiger partial charge in [0.15, 0.2) is 17.6 Å². The molecule has 7 nitrogen and oxygen atoms in total. The van der Waals surface area contributed by atoms with E-state index >= 15 is 0 Å². The van der Waals surface area contributed by atoms with Crippen LogP contribution in [0, 0.1) is 10.8 Å². The molecule has 0 saturated heterocycles. The third-order valence-electron chi connectivity index (χ3n) is 6.77. The third kappa shape index (κ3) is 3.82. The van der Waals surface area contributed by atoms with Crippen molar-refractivity contribution in [2.24, 2.45) is 10.8 Å². The van der Waals surface area contributed by atoms with Gasteiger partial charge in [-0.05, 0) is 45.8 Å². The smallest absolute Gasteiger partial charge is 0.355 e. The minimum Gasteiger partial charge on any atom is -0.465 e. The average Bonchev–Trinajstić information content (AvgIpc) is 2.82. The summed E-state index contributed by atoms with van der Waals surface area (Å²) < 4.78 is 17.0. The predicted molar refractivity (Wildman–Crippen MR) is 137 cm³/mol. The highest BCUT2D eigenvalue weighted by molar-refractivity contribution is 6.16. The summed E-state index contributed by atoms with van der Waals surface area (Å²) in [4.78, 5) is 42.8. The summed E-state index contributed by atoms with van der Waals surface area (Å²) in [5, 5.41) is 0. The first-order chi connectivity index (χ1) is 16.8. The molecule has 0 saturated carbocycles. The molecule has 3 aliphatic rings. The maximum atomic E-state index is 14.2. The van der Waals surface area contributed by atoms with E-state index in [1.54, 1.807) is 11.0 Å². The van der Waals surface area contributed by atoms with Crippen LogP contribution >= 0.6 is 0 Å². The van der Waals surface area contributed by atoms with Gasteiger partial charge in [0.2, 0.25) is 0 Å². The fourth-order valence-electron chi connectivity index (χ4n) is 4.99. The number of rotatable bonds is 2. The van der Waals surface area contributed by atoms with Crippen molar-refractivity contribution in [1.82, 2.24) is 0 Å². The number of nitrogens with zero attached hydrogens (tertiary/aromatic N) is 1. The number of carbonyl (C=O) groups excluding carboxylic acids is 3. The van der Waals surface area contributed by atoms with Crippen LogP contribution < -0.4 is 4.90 Å². The molecule has 0 fully saturated rings. The van der Waals surface area contributed by atoms with E-state index in [-0.39, 0.29) is 16.7 Å². The van der Waals surface area contributed by atoms with Crippen LogP contribution in [0.25, 0.3) is 6.08 Å². The van der Waals surface area contributed by atoms with Crippen LogP contribution in [0.2, 0.25) is 0 Å². The van der Waals surface area contributed by atoms with Crippen LogP contribution in [-0.4, -0.2) is 43.8 Å². The van der Waals surface area contributed by atoms with Crippen LogP contribution in [-0.2, 0) is 28.6 Å². The number of anilines is 1. The Morgan fingerprint density at radius 3 is 2.17 bits per heavy atom. The van der Waals surface area contributed by atoms with Crippen molar-refractivity contribution in [1.29, 1.82) is 0 Å². The first-order valence-electron chi connectivity index (χ1n) is 11.9. The van der Waals surface area contributed by atoms with Crippen molar-refractivity contribution in [2.45, 2.75) is 53.4 Å². The molecular weight excluding hydrogens is 458 g/mol. The number of carbonyl (C=O) groups is 3. The average molecular weight is 492 g/mol. The number of allylic oxidation sites excluding steroid dienone is 2. The Morgan fingerprint density at radius 2 is 1.58 bits per heavy atom. The van der Waals surface area contributed by atoms with Crippen molar-refractivity contribution < 1.29 is 28.6 Å². The SMILES string of the molecule is COC(=O)C1=C(C(=O)OC)C2(OC3C=Cc4ccccc4N13)C(=O)C=C(C(C)(C)C)C=C2C(C)(C)C. The number of hydrogen-bond acceptors (Lipinski definition) is 7. The van der Waals surface area contributed by atoms with Gasteiger partial charge in [-0.25, -0.2) is 9.59 Å². The molecule has 7 heteroatoms. The van der Waals surface area contributed by atoms with E-state index in [9.17, 15) is 14.4 Å². The van der Waals surface area contributed by atoms with E-state index in [2.05, 4.69) is 0 Å². The number of benzene rings is 1. The summed E-state index contributed by atoms with van der Waals surface area (Å²) >= 11 is 0. The van der Waals surface area contributed by atoms with Gasteiger partial charge in [-0.3, -0.25) is 4.79 Å². The molecule has 1 aromatic rings. The van der Waals surface area contributed by atoms with E-state index in [1.807, 2.05) is 78.0 Å². The number of ether oxygens (including phenoxy) is 3. The summed E-state index contributed by atoms with van der Waals surface area (Å²) in [6.45, 7) is 11.9. The summed E-state index contributed by atoms with van der Waals surface area (Å²) in [5.74, 6) is -2.04. The Hall–Kier alpha value is -3.45. The number of para-hydroxylation sites is 1. The quantitative estimate of drug-likeness (QED) is 0.553. The first-order valence-corrected chi connectivity index (χ1v) is 11.9. The molecule has 0 aromatic heterocycles. The van der Waals surface area contributed by atoms with E-state index in [1.165, 1.54) is 20.3 Å². The van der Waals surface area contributed by atoms with Gasteiger partial charge < -0.3 is 19.1 Å². The topological polar surface area (TPSA) is 82.1 Å². The van der Waals surface area contributed by atoms with Crippen molar-refractivity contribution >= 4 is 29.5 Å². The molecule has 190 valence electrons. The minimum atomic E-state index is -1.87. The predicted octanol–water partition coefficient (Wildman–Crippen LogP) is 4.74. The van der Waals surface area contributed by atoms with Crippen LogP contribution in [0.1, 0.15) is 47.1 Å². The molecule has 36 heavy (non-hydrogen) atoms. The largest absolute Gasteiger partial charge is 0.465 e. The normalized spacial score (nSPS) is 23.6. The van der Waals surface area contributed by atoms with Crippen molar-refractivity contribution in [2.75, 3.05) is 19.1 Å². The van der Waals surface area contributed by atoms with E-state index in [4.69, 9.17) is 14.2 Å². The molecule has 0 amide bonds. The van der Waals surface area contributed by atoms with Crippen LogP contribution in [0.5, 0.6) is 0 Å². The molecule has 0 radical (unpaired) electrons. The fourth-order valence-corrected chi connectivity index (χ4v) is 4.99. The van der Waals surface area contributed by atoms with Gasteiger partial charge >= 0.3 is 11.9 Å². The zero-order valence-electron chi connectivity index (χ0n) is 22.1. The third-order valence-corrected chi connectivity index (χ3v) is 6.77. The number of ketones is 1. The van der Waals surface area contributed by atoms with Gasteiger partial charge in [0, 0.05) is 0 Å². The van der Waals surface area contributed by atoms with Gasteiger partial charge in [0.25, 0.3) is 0 Å². The molecule has 1 spiro atoms. The molecule has 1 aliphatic carbocycles. The maximum Gasteiger partial charge on any atom is 0.355 e. The number of fused-ring (bicyclic) bond motifs is 3. The van der Waals surface area contributed by atoms with Crippen molar-refractivity contribution in [3.8, 4) is 0 Å². The van der Waals surface area contributed by atoms with Gasteiger partial charge in [0.1, 0.15) is 11.3 Å². The lowest BCUT2D eigenvalue weighted by molar-refractivity contribution is -0.151. The Bertz CT molecular complexity index is 1270. The second-order valence-corrected chi connectivity index (χ2v) is 11.2. The summed E-state index contributed by atoms with van der Waals surface area (Å²) in [6.07, 6.45) is 6.25. The Labute approximate surface area is 212 Å². The van der Waals surface area contributed by atoms with Gasteiger partial charge in [-0.2, -0.15) is 0 Å². The highest BCUT2D eigenvalue weighted by atomic mass is 16.6. The second kappa shape index (κ2) is 8.59. The zero-order valence-corrected chi connectivity index (χ0v) is 22.1. The molecule has 2 heterocycles. The molecule has 2 unspecified atom stereocenters. The molecule has 2 atom stereocenters.